The van der Waals surface area contributed by atoms with E-state index in [0.717, 1.165) is 5.56 Å². The van der Waals surface area contributed by atoms with Gasteiger partial charge in [-0.15, -0.1) is 0 Å². The number of methoxy groups -OCH3 is 1. The first-order valence-electron chi connectivity index (χ1n) is 8.72. The van der Waals surface area contributed by atoms with Crippen LogP contribution in [0.5, 0.6) is 11.5 Å². The number of hydrogen-bond donors (Lipinski definition) is 0. The van der Waals surface area contributed by atoms with Gasteiger partial charge in [-0.25, -0.2) is 0 Å². The summed E-state index contributed by atoms with van der Waals surface area (Å²) in [5.41, 5.74) is 0.753. The van der Waals surface area contributed by atoms with Crippen LogP contribution in [0.25, 0.3) is 6.08 Å². The van der Waals surface area contributed by atoms with Gasteiger partial charge in [0.25, 0.3) is 5.91 Å². The van der Waals surface area contributed by atoms with Crippen LogP contribution >= 0.6 is 24.0 Å². The third-order valence-electron chi connectivity index (χ3n) is 3.75. The zero-order chi connectivity index (χ0) is 19.8. The minimum Gasteiger partial charge on any atom is -0.493 e. The summed E-state index contributed by atoms with van der Waals surface area (Å²) in [5.74, 6) is 0.765. The van der Waals surface area contributed by atoms with Crippen molar-refractivity contribution >= 4 is 46.3 Å². The van der Waals surface area contributed by atoms with E-state index in [9.17, 15) is 9.59 Å². The molecular formula is C19H23NO5S2. The number of benzene rings is 1. The molecule has 1 aliphatic rings. The summed E-state index contributed by atoms with van der Waals surface area (Å²) in [4.78, 5) is 26.2. The van der Waals surface area contributed by atoms with E-state index in [0.29, 0.717) is 46.9 Å². The fraction of sp³-hybridized carbons (Fsp3) is 0.421. The van der Waals surface area contributed by atoms with Crippen molar-refractivity contribution in [2.45, 2.75) is 26.7 Å². The number of para-hydroxylation sites is 1. The van der Waals surface area contributed by atoms with Crippen LogP contribution in [0.2, 0.25) is 0 Å². The highest BCUT2D eigenvalue weighted by Gasteiger charge is 2.32. The molecule has 1 fully saturated rings. The van der Waals surface area contributed by atoms with Gasteiger partial charge in [0.05, 0.1) is 25.2 Å². The van der Waals surface area contributed by atoms with Crippen LogP contribution in [0.1, 0.15) is 32.3 Å². The van der Waals surface area contributed by atoms with E-state index < -0.39 is 0 Å². The van der Waals surface area contributed by atoms with Gasteiger partial charge in [-0.1, -0.05) is 36.1 Å². The number of esters is 1. The molecule has 0 spiro atoms. The largest absolute Gasteiger partial charge is 0.493 e. The van der Waals surface area contributed by atoms with Crippen molar-refractivity contribution in [3.8, 4) is 11.5 Å². The minimum absolute atomic E-state index is 0.167. The molecule has 1 amide bonds. The lowest BCUT2D eigenvalue weighted by Gasteiger charge is -2.14. The Hall–Kier alpha value is -2.06. The van der Waals surface area contributed by atoms with Crippen LogP contribution in [0.4, 0.5) is 0 Å². The Morgan fingerprint density at radius 3 is 2.74 bits per heavy atom. The fourth-order valence-corrected chi connectivity index (χ4v) is 3.85. The summed E-state index contributed by atoms with van der Waals surface area (Å²) in [6.45, 7) is 4.87. The quantitative estimate of drug-likeness (QED) is 0.350. The molecule has 0 unspecified atom stereocenters. The molecule has 0 aliphatic carbocycles. The predicted octanol–water partition coefficient (Wildman–Crippen LogP) is 3.64. The summed E-state index contributed by atoms with van der Waals surface area (Å²) in [6.07, 6.45) is 2.52. The Bertz CT molecular complexity index is 748. The number of nitrogens with zero attached hydrogens (tertiary/aromatic N) is 1. The van der Waals surface area contributed by atoms with Crippen LogP contribution in [0.3, 0.4) is 0 Å². The fourth-order valence-electron chi connectivity index (χ4n) is 2.55. The molecular weight excluding hydrogens is 386 g/mol. The van der Waals surface area contributed by atoms with E-state index in [1.54, 1.807) is 20.1 Å². The molecule has 1 heterocycles. The van der Waals surface area contributed by atoms with Crippen molar-refractivity contribution in [3.63, 3.8) is 0 Å². The van der Waals surface area contributed by atoms with E-state index in [-0.39, 0.29) is 18.3 Å². The lowest BCUT2D eigenvalue weighted by atomic mass is 10.1. The van der Waals surface area contributed by atoms with Gasteiger partial charge in [0.2, 0.25) is 0 Å². The van der Waals surface area contributed by atoms with Gasteiger partial charge in [0.1, 0.15) is 4.32 Å². The molecule has 146 valence electrons. The summed E-state index contributed by atoms with van der Waals surface area (Å²) < 4.78 is 16.4. The highest BCUT2D eigenvalue weighted by atomic mass is 32.2. The van der Waals surface area contributed by atoms with Crippen molar-refractivity contribution < 1.29 is 23.8 Å². The van der Waals surface area contributed by atoms with E-state index >= 15 is 0 Å². The minimum atomic E-state index is -0.267. The Balaban J connectivity index is 2.13. The molecule has 0 N–H and O–H groups in total. The molecule has 1 aliphatic heterocycles. The standard InChI is InChI=1S/C19H23NO5S2/c1-4-24-16(21)10-7-11-20-18(22)15(27-19(20)26)12-13-8-6-9-14(23-3)17(13)25-5-2/h6,8-9,12H,4-5,7,10-11H2,1-3H3/b15-12-. The topological polar surface area (TPSA) is 65.1 Å². The number of thiocarbonyl (C=S) groups is 1. The lowest BCUT2D eigenvalue weighted by Crippen LogP contribution is -2.29. The third kappa shape index (κ3) is 5.46. The maximum Gasteiger partial charge on any atom is 0.305 e. The number of hydrogen-bond acceptors (Lipinski definition) is 7. The highest BCUT2D eigenvalue weighted by Crippen LogP contribution is 2.37. The van der Waals surface area contributed by atoms with E-state index in [4.69, 9.17) is 26.4 Å². The molecule has 1 aromatic carbocycles. The molecule has 2 rings (SSSR count). The molecule has 0 atom stereocenters. The maximum absolute atomic E-state index is 12.7. The second kappa shape index (κ2) is 10.3. The van der Waals surface area contributed by atoms with Gasteiger partial charge in [-0.3, -0.25) is 14.5 Å². The zero-order valence-electron chi connectivity index (χ0n) is 15.6. The molecule has 0 aromatic heterocycles. The molecule has 8 heteroatoms. The molecule has 0 radical (unpaired) electrons. The summed E-state index contributed by atoms with van der Waals surface area (Å²) >= 11 is 6.57. The van der Waals surface area contributed by atoms with Crippen LogP contribution in [0, 0.1) is 0 Å². The van der Waals surface area contributed by atoms with Crippen LogP contribution in [0.15, 0.2) is 23.1 Å². The number of ether oxygens (including phenoxy) is 3. The SMILES string of the molecule is CCOC(=O)CCCN1C(=O)/C(=C/c2cccc(OC)c2OCC)SC1=S. The van der Waals surface area contributed by atoms with E-state index in [2.05, 4.69) is 0 Å². The summed E-state index contributed by atoms with van der Waals surface area (Å²) in [5, 5.41) is 0. The van der Waals surface area contributed by atoms with Crippen LogP contribution in [-0.4, -0.2) is 48.0 Å². The van der Waals surface area contributed by atoms with Gasteiger partial charge in [-0.05, 0) is 32.4 Å². The van der Waals surface area contributed by atoms with E-state index in [1.165, 1.54) is 16.7 Å². The molecule has 0 saturated carbocycles. The average molecular weight is 410 g/mol. The first kappa shape index (κ1) is 21.2. The smallest absolute Gasteiger partial charge is 0.305 e. The first-order chi connectivity index (χ1) is 13.0. The molecule has 6 nitrogen and oxygen atoms in total. The summed E-state index contributed by atoms with van der Waals surface area (Å²) in [6, 6.07) is 5.51. The zero-order valence-corrected chi connectivity index (χ0v) is 17.3. The van der Waals surface area contributed by atoms with Crippen LogP contribution in [-0.2, 0) is 14.3 Å². The monoisotopic (exact) mass is 409 g/mol. The van der Waals surface area contributed by atoms with Crippen molar-refractivity contribution in [2.75, 3.05) is 26.9 Å². The van der Waals surface area contributed by atoms with Crippen molar-refractivity contribution in [2.24, 2.45) is 0 Å². The number of carbonyl (C=O) groups excluding carboxylic acids is 2. The first-order valence-corrected chi connectivity index (χ1v) is 9.95. The normalized spacial score (nSPS) is 15.4. The average Bonchev–Trinajstić information content (AvgIpc) is 2.91. The molecule has 27 heavy (non-hydrogen) atoms. The third-order valence-corrected chi connectivity index (χ3v) is 5.12. The van der Waals surface area contributed by atoms with Crippen molar-refractivity contribution in [3.05, 3.63) is 28.7 Å². The van der Waals surface area contributed by atoms with Gasteiger partial charge < -0.3 is 14.2 Å². The molecule has 1 aromatic rings. The second-order valence-corrected chi connectivity index (χ2v) is 7.23. The van der Waals surface area contributed by atoms with Gasteiger partial charge >= 0.3 is 5.97 Å². The van der Waals surface area contributed by atoms with Crippen molar-refractivity contribution in [1.82, 2.24) is 4.90 Å². The maximum atomic E-state index is 12.7. The lowest BCUT2D eigenvalue weighted by molar-refractivity contribution is -0.143. The molecule has 1 saturated heterocycles. The Morgan fingerprint density at radius 1 is 1.30 bits per heavy atom. The van der Waals surface area contributed by atoms with Crippen LogP contribution < -0.4 is 9.47 Å². The molecule has 0 bridgehead atoms. The Morgan fingerprint density at radius 2 is 2.07 bits per heavy atom. The summed E-state index contributed by atoms with van der Waals surface area (Å²) in [7, 11) is 1.57. The number of carbonyl (C=O) groups is 2. The van der Waals surface area contributed by atoms with Gasteiger partial charge in [-0.2, -0.15) is 0 Å². The van der Waals surface area contributed by atoms with Crippen molar-refractivity contribution in [1.29, 1.82) is 0 Å². The highest BCUT2D eigenvalue weighted by molar-refractivity contribution is 8.26. The Kier molecular flexibility index (Phi) is 8.12. The number of rotatable bonds is 9. The van der Waals surface area contributed by atoms with Gasteiger partial charge in [0.15, 0.2) is 11.5 Å². The van der Waals surface area contributed by atoms with Gasteiger partial charge in [0, 0.05) is 18.5 Å². The predicted molar refractivity (Wildman–Crippen MR) is 110 cm³/mol. The Labute approximate surface area is 168 Å². The second-order valence-electron chi connectivity index (χ2n) is 5.55. The number of thioether (sulfide) groups is 1. The number of amides is 1. The van der Waals surface area contributed by atoms with E-state index in [1.807, 2.05) is 25.1 Å².